The van der Waals surface area contributed by atoms with Crippen molar-refractivity contribution in [2.75, 3.05) is 17.7 Å². The molecule has 0 spiro atoms. The summed E-state index contributed by atoms with van der Waals surface area (Å²) in [7, 11) is 1.60. The molecule has 1 aliphatic rings. The Morgan fingerprint density at radius 1 is 1.06 bits per heavy atom. The molecule has 176 valence electrons. The molecule has 2 atom stereocenters. The van der Waals surface area contributed by atoms with Crippen molar-refractivity contribution in [3.05, 3.63) is 107 Å². The Bertz CT molecular complexity index is 1350. The van der Waals surface area contributed by atoms with E-state index in [1.165, 1.54) is 6.08 Å². The van der Waals surface area contributed by atoms with Crippen LogP contribution in [0.15, 0.2) is 84.9 Å². The average Bonchev–Trinajstić information content (AvgIpc) is 3.30. The van der Waals surface area contributed by atoms with Crippen LogP contribution in [0.2, 0.25) is 5.02 Å². The highest BCUT2D eigenvalue weighted by Crippen LogP contribution is 2.38. The van der Waals surface area contributed by atoms with Crippen LogP contribution < -0.4 is 15.4 Å². The first-order chi connectivity index (χ1) is 17.1. The number of para-hydroxylation sites is 1. The molecule has 0 unspecified atom stereocenters. The standard InChI is InChI=1S/C27H24ClN5O2/c1-35-24-10-6-5-9-20(24)13-16-25(34)30-26-31-27-29-22(18-7-3-2-4-8-18)17-23(33(27)32-26)19-11-14-21(28)15-12-19/h2-16,22-23H,17H2,1H3,(H2,29,30,31,32,34)/b16-13+/t22-,23-/m0/s1. The van der Waals surface area contributed by atoms with Crippen molar-refractivity contribution in [3.63, 3.8) is 0 Å². The molecular formula is C27H24ClN5O2. The monoisotopic (exact) mass is 485 g/mol. The summed E-state index contributed by atoms with van der Waals surface area (Å²) in [6, 6.07) is 25.4. The van der Waals surface area contributed by atoms with Crippen molar-refractivity contribution in [2.24, 2.45) is 0 Å². The van der Waals surface area contributed by atoms with Crippen molar-refractivity contribution in [1.82, 2.24) is 14.8 Å². The number of ether oxygens (including phenoxy) is 1. The number of carbonyl (C=O) groups excluding carboxylic acids is 1. The number of fused-ring (bicyclic) bond motifs is 1. The Hall–Kier alpha value is -4.10. The minimum atomic E-state index is -0.332. The van der Waals surface area contributed by atoms with Crippen LogP contribution in [0.5, 0.6) is 5.75 Å². The largest absolute Gasteiger partial charge is 0.496 e. The van der Waals surface area contributed by atoms with E-state index < -0.39 is 0 Å². The highest BCUT2D eigenvalue weighted by atomic mass is 35.5. The summed E-state index contributed by atoms with van der Waals surface area (Å²) in [5, 5.41) is 11.5. The number of carbonyl (C=O) groups is 1. The van der Waals surface area contributed by atoms with Gasteiger partial charge in [0.15, 0.2) is 0 Å². The lowest BCUT2D eigenvalue weighted by atomic mass is 9.93. The van der Waals surface area contributed by atoms with E-state index in [9.17, 15) is 4.79 Å². The number of hydrogen-bond donors (Lipinski definition) is 2. The van der Waals surface area contributed by atoms with Crippen molar-refractivity contribution in [3.8, 4) is 5.75 Å². The van der Waals surface area contributed by atoms with Gasteiger partial charge >= 0.3 is 0 Å². The first kappa shape index (κ1) is 22.7. The molecule has 0 radical (unpaired) electrons. The number of benzene rings is 3. The summed E-state index contributed by atoms with van der Waals surface area (Å²) < 4.78 is 7.15. The summed E-state index contributed by atoms with van der Waals surface area (Å²) in [6.45, 7) is 0. The topological polar surface area (TPSA) is 81.1 Å². The van der Waals surface area contributed by atoms with E-state index >= 15 is 0 Å². The molecule has 8 heteroatoms. The maximum Gasteiger partial charge on any atom is 0.250 e. The number of nitrogens with zero attached hydrogens (tertiary/aromatic N) is 3. The zero-order valence-electron chi connectivity index (χ0n) is 19.1. The Morgan fingerprint density at radius 2 is 1.80 bits per heavy atom. The smallest absolute Gasteiger partial charge is 0.250 e. The lowest BCUT2D eigenvalue weighted by Crippen LogP contribution is -2.28. The fraction of sp³-hybridized carbons (Fsp3) is 0.148. The second-order valence-electron chi connectivity index (χ2n) is 8.18. The number of methoxy groups -OCH3 is 1. The van der Waals surface area contributed by atoms with Gasteiger partial charge < -0.3 is 10.1 Å². The van der Waals surface area contributed by atoms with Crippen LogP contribution in [0.1, 0.15) is 35.2 Å². The van der Waals surface area contributed by atoms with E-state index in [0.29, 0.717) is 16.7 Å². The van der Waals surface area contributed by atoms with E-state index in [2.05, 4.69) is 32.8 Å². The molecule has 4 aromatic rings. The number of amides is 1. The van der Waals surface area contributed by atoms with Gasteiger partial charge in [0, 0.05) is 16.7 Å². The second-order valence-corrected chi connectivity index (χ2v) is 8.62. The van der Waals surface area contributed by atoms with Crippen LogP contribution in [0.3, 0.4) is 0 Å². The minimum absolute atomic E-state index is 0.0440. The molecule has 1 aliphatic heterocycles. The highest BCUT2D eigenvalue weighted by Gasteiger charge is 2.31. The van der Waals surface area contributed by atoms with Gasteiger partial charge in [0.2, 0.25) is 5.95 Å². The molecule has 2 N–H and O–H groups in total. The Morgan fingerprint density at radius 3 is 2.57 bits per heavy atom. The summed E-state index contributed by atoms with van der Waals surface area (Å²) in [4.78, 5) is 17.2. The van der Waals surface area contributed by atoms with Gasteiger partial charge in [0.05, 0.1) is 19.2 Å². The molecule has 1 aromatic heterocycles. The fourth-order valence-electron chi connectivity index (χ4n) is 4.22. The first-order valence-electron chi connectivity index (χ1n) is 11.3. The third kappa shape index (κ3) is 5.05. The predicted molar refractivity (Wildman–Crippen MR) is 138 cm³/mol. The van der Waals surface area contributed by atoms with Gasteiger partial charge in [-0.05, 0) is 41.8 Å². The number of anilines is 2. The van der Waals surface area contributed by atoms with Crippen molar-refractivity contribution < 1.29 is 9.53 Å². The SMILES string of the molecule is COc1ccccc1/C=C/C(=O)Nc1nc2n(n1)[C@H](c1ccc(Cl)cc1)C[C@@H](c1ccccc1)N2. The van der Waals surface area contributed by atoms with Crippen molar-refractivity contribution >= 4 is 35.5 Å². The van der Waals surface area contributed by atoms with Crippen LogP contribution in [0.4, 0.5) is 11.9 Å². The quantitative estimate of drug-likeness (QED) is 0.340. The molecule has 35 heavy (non-hydrogen) atoms. The summed E-state index contributed by atoms with van der Waals surface area (Å²) in [5.74, 6) is 1.18. The third-order valence-corrected chi connectivity index (χ3v) is 6.19. The molecule has 1 amide bonds. The van der Waals surface area contributed by atoms with Gasteiger partial charge in [-0.2, -0.15) is 4.98 Å². The number of rotatable bonds is 6. The van der Waals surface area contributed by atoms with E-state index in [1.54, 1.807) is 13.2 Å². The Kier molecular flexibility index (Phi) is 6.50. The van der Waals surface area contributed by atoms with E-state index in [-0.39, 0.29) is 23.9 Å². The Balaban J connectivity index is 1.41. The summed E-state index contributed by atoms with van der Waals surface area (Å²) in [5.41, 5.74) is 3.03. The molecule has 0 bridgehead atoms. The molecule has 5 rings (SSSR count). The van der Waals surface area contributed by atoms with Gasteiger partial charge in [0.25, 0.3) is 11.9 Å². The molecular weight excluding hydrogens is 462 g/mol. The molecule has 0 aliphatic carbocycles. The van der Waals surface area contributed by atoms with E-state index in [0.717, 1.165) is 23.1 Å². The van der Waals surface area contributed by atoms with Gasteiger partial charge in [-0.3, -0.25) is 10.1 Å². The number of aromatic nitrogens is 3. The van der Waals surface area contributed by atoms with Crippen molar-refractivity contribution in [2.45, 2.75) is 18.5 Å². The normalized spacial score (nSPS) is 17.0. The zero-order valence-corrected chi connectivity index (χ0v) is 19.8. The van der Waals surface area contributed by atoms with Gasteiger partial charge in [0.1, 0.15) is 5.75 Å². The van der Waals surface area contributed by atoms with Crippen LogP contribution in [-0.2, 0) is 4.79 Å². The number of halogens is 1. The van der Waals surface area contributed by atoms with E-state index in [4.69, 9.17) is 16.3 Å². The molecule has 0 saturated carbocycles. The summed E-state index contributed by atoms with van der Waals surface area (Å²) >= 11 is 6.12. The maximum atomic E-state index is 12.6. The maximum absolute atomic E-state index is 12.6. The number of hydrogen-bond acceptors (Lipinski definition) is 5. The third-order valence-electron chi connectivity index (χ3n) is 5.93. The zero-order chi connectivity index (χ0) is 24.2. The van der Waals surface area contributed by atoms with Crippen LogP contribution >= 0.6 is 11.6 Å². The number of nitrogens with one attached hydrogen (secondary N) is 2. The van der Waals surface area contributed by atoms with Crippen molar-refractivity contribution in [1.29, 1.82) is 0 Å². The van der Waals surface area contributed by atoms with Crippen LogP contribution in [0, 0.1) is 0 Å². The predicted octanol–water partition coefficient (Wildman–Crippen LogP) is 5.74. The molecule has 0 fully saturated rings. The molecule has 0 saturated heterocycles. The van der Waals surface area contributed by atoms with Gasteiger partial charge in [-0.25, -0.2) is 4.68 Å². The fourth-order valence-corrected chi connectivity index (χ4v) is 4.34. The molecule has 2 heterocycles. The van der Waals surface area contributed by atoms with Gasteiger partial charge in [-0.15, -0.1) is 5.10 Å². The van der Waals surface area contributed by atoms with E-state index in [1.807, 2.05) is 71.4 Å². The van der Waals surface area contributed by atoms with Gasteiger partial charge in [-0.1, -0.05) is 72.3 Å². The first-order valence-corrected chi connectivity index (χ1v) is 11.6. The minimum Gasteiger partial charge on any atom is -0.496 e. The van der Waals surface area contributed by atoms with Crippen LogP contribution in [0.25, 0.3) is 6.08 Å². The molecule has 3 aromatic carbocycles. The highest BCUT2D eigenvalue weighted by molar-refractivity contribution is 6.30. The lowest BCUT2D eigenvalue weighted by Gasteiger charge is -2.31. The summed E-state index contributed by atoms with van der Waals surface area (Å²) in [6.07, 6.45) is 3.90. The molecule has 7 nitrogen and oxygen atoms in total. The average molecular weight is 486 g/mol. The van der Waals surface area contributed by atoms with Crippen LogP contribution in [-0.4, -0.2) is 27.8 Å². The Labute approximate surface area is 208 Å². The second kappa shape index (κ2) is 10.0. The lowest BCUT2D eigenvalue weighted by molar-refractivity contribution is -0.111.